The van der Waals surface area contributed by atoms with E-state index in [0.717, 1.165) is 5.69 Å². The Labute approximate surface area is 148 Å². The monoisotopic (exact) mass is 359 g/mol. The van der Waals surface area contributed by atoms with Gasteiger partial charge in [0.25, 0.3) is 5.22 Å². The second kappa shape index (κ2) is 7.43. The Morgan fingerprint density at radius 3 is 2.80 bits per heavy atom. The molecule has 0 aliphatic carbocycles. The molecule has 0 fully saturated rings. The lowest BCUT2D eigenvalue weighted by Crippen LogP contribution is -2.14. The Bertz CT molecular complexity index is 910. The van der Waals surface area contributed by atoms with Gasteiger partial charge in [0.1, 0.15) is 11.5 Å². The van der Waals surface area contributed by atoms with Crippen LogP contribution in [0.4, 0.5) is 5.69 Å². The zero-order valence-electron chi connectivity index (χ0n) is 14.0. The maximum absolute atomic E-state index is 12.2. The first-order chi connectivity index (χ1) is 12.1. The van der Waals surface area contributed by atoms with E-state index in [1.807, 2.05) is 19.1 Å². The normalized spacial score (nSPS) is 10.7. The fraction of sp³-hybridized carbons (Fsp3) is 0.235. The Kier molecular flexibility index (Phi) is 5.08. The Balaban J connectivity index is 1.66. The van der Waals surface area contributed by atoms with Crippen molar-refractivity contribution in [2.75, 3.05) is 25.3 Å². The van der Waals surface area contributed by atoms with Gasteiger partial charge in [0.15, 0.2) is 11.2 Å². The van der Waals surface area contributed by atoms with Crippen molar-refractivity contribution in [3.05, 3.63) is 36.0 Å². The molecule has 0 aliphatic rings. The predicted molar refractivity (Wildman–Crippen MR) is 95.4 cm³/mol. The van der Waals surface area contributed by atoms with Crippen molar-refractivity contribution in [3.8, 4) is 11.5 Å². The molecule has 2 heterocycles. The number of benzene rings is 1. The summed E-state index contributed by atoms with van der Waals surface area (Å²) in [6.07, 6.45) is 0. The number of nitrogens with one attached hydrogen (secondary N) is 1. The second-order valence-electron chi connectivity index (χ2n) is 5.16. The fourth-order valence-corrected chi connectivity index (χ4v) is 2.81. The van der Waals surface area contributed by atoms with E-state index in [9.17, 15) is 4.79 Å². The van der Waals surface area contributed by atoms with E-state index in [4.69, 9.17) is 13.9 Å². The molecule has 2 aromatic heterocycles. The molecule has 0 saturated heterocycles. The number of fused-ring (bicyclic) bond motifs is 1. The van der Waals surface area contributed by atoms with Crippen molar-refractivity contribution < 1.29 is 18.7 Å². The zero-order valence-corrected chi connectivity index (χ0v) is 14.8. The number of amides is 1. The highest BCUT2D eigenvalue weighted by Gasteiger charge is 2.13. The summed E-state index contributed by atoms with van der Waals surface area (Å²) in [6.45, 7) is 1.88. The lowest BCUT2D eigenvalue weighted by Gasteiger charge is -2.11. The molecule has 1 amide bonds. The minimum Gasteiger partial charge on any atom is -0.497 e. The van der Waals surface area contributed by atoms with Gasteiger partial charge in [-0.05, 0) is 31.2 Å². The third kappa shape index (κ3) is 4.03. The van der Waals surface area contributed by atoms with Gasteiger partial charge in [-0.1, -0.05) is 11.8 Å². The quantitative estimate of drug-likeness (QED) is 0.676. The zero-order chi connectivity index (χ0) is 17.8. The van der Waals surface area contributed by atoms with E-state index in [1.54, 1.807) is 32.4 Å². The van der Waals surface area contributed by atoms with Gasteiger partial charge >= 0.3 is 0 Å². The van der Waals surface area contributed by atoms with E-state index in [1.165, 1.54) is 11.8 Å². The van der Waals surface area contributed by atoms with Crippen LogP contribution in [0, 0.1) is 6.92 Å². The fourth-order valence-electron chi connectivity index (χ4n) is 2.18. The Hall–Kier alpha value is -2.74. The van der Waals surface area contributed by atoms with Crippen molar-refractivity contribution in [2.45, 2.75) is 12.1 Å². The van der Waals surface area contributed by atoms with Crippen molar-refractivity contribution in [1.29, 1.82) is 0 Å². The summed E-state index contributed by atoms with van der Waals surface area (Å²) in [6, 6.07) is 8.86. The highest BCUT2D eigenvalue weighted by atomic mass is 32.2. The number of carbonyl (C=O) groups excluding carboxylic acids is 1. The van der Waals surface area contributed by atoms with Crippen molar-refractivity contribution >= 4 is 34.6 Å². The molecule has 0 saturated carbocycles. The molecule has 8 heteroatoms. The van der Waals surface area contributed by atoms with E-state index >= 15 is 0 Å². The highest BCUT2D eigenvalue weighted by Crippen LogP contribution is 2.29. The molecule has 3 rings (SSSR count). The van der Waals surface area contributed by atoms with Gasteiger partial charge < -0.3 is 19.2 Å². The number of rotatable bonds is 6. The van der Waals surface area contributed by atoms with E-state index in [-0.39, 0.29) is 11.7 Å². The van der Waals surface area contributed by atoms with Crippen LogP contribution in [-0.2, 0) is 4.79 Å². The predicted octanol–water partition coefficient (Wildman–Crippen LogP) is 3.28. The molecule has 7 nitrogen and oxygen atoms in total. The van der Waals surface area contributed by atoms with E-state index < -0.39 is 0 Å². The second-order valence-corrected chi connectivity index (χ2v) is 6.08. The number of ether oxygens (including phenoxy) is 2. The molecule has 1 N–H and O–H groups in total. The van der Waals surface area contributed by atoms with Gasteiger partial charge in [0.2, 0.25) is 5.91 Å². The molecule has 0 spiro atoms. The van der Waals surface area contributed by atoms with Crippen LogP contribution in [0.5, 0.6) is 11.5 Å². The maximum Gasteiger partial charge on any atom is 0.258 e. The molecule has 3 aromatic rings. The largest absolute Gasteiger partial charge is 0.497 e. The van der Waals surface area contributed by atoms with Crippen LogP contribution < -0.4 is 14.8 Å². The summed E-state index contributed by atoms with van der Waals surface area (Å²) in [5, 5.41) is 3.20. The first kappa shape index (κ1) is 17.1. The average Bonchev–Trinajstić information content (AvgIpc) is 3.02. The molecule has 0 atom stereocenters. The minimum absolute atomic E-state index is 0.145. The number of methoxy groups -OCH3 is 2. The number of nitrogens with zero attached hydrogens (tertiary/aromatic N) is 2. The number of pyridine rings is 1. The first-order valence-electron chi connectivity index (χ1n) is 7.48. The lowest BCUT2D eigenvalue weighted by molar-refractivity contribution is -0.113. The van der Waals surface area contributed by atoms with Crippen LogP contribution in [0.15, 0.2) is 40.0 Å². The van der Waals surface area contributed by atoms with Gasteiger partial charge in [0.05, 0.1) is 25.7 Å². The number of carbonyl (C=O) groups is 1. The third-order valence-corrected chi connectivity index (χ3v) is 4.21. The van der Waals surface area contributed by atoms with Gasteiger partial charge in [-0.25, -0.2) is 4.98 Å². The van der Waals surface area contributed by atoms with Crippen LogP contribution in [-0.4, -0.2) is 35.8 Å². The first-order valence-corrected chi connectivity index (χ1v) is 8.46. The van der Waals surface area contributed by atoms with Gasteiger partial charge in [-0.3, -0.25) is 4.79 Å². The topological polar surface area (TPSA) is 86.5 Å². The summed E-state index contributed by atoms with van der Waals surface area (Å²) in [5.41, 5.74) is 2.54. The van der Waals surface area contributed by atoms with Crippen LogP contribution in [0.3, 0.4) is 0 Å². The van der Waals surface area contributed by atoms with Crippen LogP contribution in [0.25, 0.3) is 11.2 Å². The number of hydrogen-bond donors (Lipinski definition) is 1. The molecule has 130 valence electrons. The molecule has 0 aliphatic heterocycles. The standard InChI is InChI=1S/C17H17N3O4S/c1-10-4-6-14-16(18-10)20-17(24-14)25-9-15(21)19-12-8-11(22-2)5-7-13(12)23-3/h4-8H,9H2,1-3H3,(H,19,21). The molecule has 1 aromatic carbocycles. The van der Waals surface area contributed by atoms with Crippen LogP contribution in [0.2, 0.25) is 0 Å². The number of oxazole rings is 1. The average molecular weight is 359 g/mol. The molecular weight excluding hydrogens is 342 g/mol. The van der Waals surface area contributed by atoms with Crippen LogP contribution in [0.1, 0.15) is 5.69 Å². The van der Waals surface area contributed by atoms with Gasteiger partial charge in [-0.2, -0.15) is 4.98 Å². The SMILES string of the molecule is COc1ccc(OC)c(NC(=O)CSc2nc3nc(C)ccc3o2)c1. The van der Waals surface area contributed by atoms with Gasteiger partial charge in [-0.15, -0.1) is 0 Å². The highest BCUT2D eigenvalue weighted by molar-refractivity contribution is 7.99. The number of hydrogen-bond acceptors (Lipinski definition) is 7. The molecule has 0 unspecified atom stereocenters. The number of thioether (sulfide) groups is 1. The van der Waals surface area contributed by atoms with E-state index in [0.29, 0.717) is 33.6 Å². The molecule has 0 bridgehead atoms. The summed E-state index contributed by atoms with van der Waals surface area (Å²) < 4.78 is 16.0. The summed E-state index contributed by atoms with van der Waals surface area (Å²) in [5.74, 6) is 1.12. The third-order valence-electron chi connectivity index (χ3n) is 3.38. The molecule has 0 radical (unpaired) electrons. The van der Waals surface area contributed by atoms with Crippen molar-refractivity contribution in [2.24, 2.45) is 0 Å². The smallest absolute Gasteiger partial charge is 0.258 e. The lowest BCUT2D eigenvalue weighted by atomic mass is 10.2. The van der Waals surface area contributed by atoms with Crippen molar-refractivity contribution in [3.63, 3.8) is 0 Å². The molecular formula is C17H17N3O4S. The Morgan fingerprint density at radius 1 is 1.20 bits per heavy atom. The maximum atomic E-state index is 12.2. The summed E-state index contributed by atoms with van der Waals surface area (Å²) in [4.78, 5) is 20.8. The number of aromatic nitrogens is 2. The minimum atomic E-state index is -0.206. The molecule has 25 heavy (non-hydrogen) atoms. The summed E-state index contributed by atoms with van der Waals surface area (Å²) in [7, 11) is 3.10. The Morgan fingerprint density at radius 2 is 2.04 bits per heavy atom. The van der Waals surface area contributed by atoms with Crippen molar-refractivity contribution in [1.82, 2.24) is 9.97 Å². The van der Waals surface area contributed by atoms with Crippen LogP contribution >= 0.6 is 11.8 Å². The summed E-state index contributed by atoms with van der Waals surface area (Å²) >= 11 is 1.20. The van der Waals surface area contributed by atoms with Gasteiger partial charge in [0, 0.05) is 11.8 Å². The number of aryl methyl sites for hydroxylation is 1. The van der Waals surface area contributed by atoms with E-state index in [2.05, 4.69) is 15.3 Å². The number of anilines is 1.